The molecular weight excluding hydrogens is 376 g/mol. The Hall–Kier alpha value is -1.89. The van der Waals surface area contributed by atoms with E-state index in [2.05, 4.69) is 43.0 Å². The molecule has 152 valence electrons. The number of ether oxygens (including phenoxy) is 1. The Kier molecular flexibility index (Phi) is 6.43. The molecule has 2 aromatic rings. The number of amides is 1. The summed E-state index contributed by atoms with van der Waals surface area (Å²) in [6.45, 7) is 11.3. The number of hydrogen-bond donors (Lipinski definition) is 1. The number of hydrogen-bond acceptors (Lipinski definition) is 4. The molecule has 6 nitrogen and oxygen atoms in total. The highest BCUT2D eigenvalue weighted by Crippen LogP contribution is 2.21. The molecule has 28 heavy (non-hydrogen) atoms. The van der Waals surface area contributed by atoms with E-state index in [4.69, 9.17) is 16.3 Å². The summed E-state index contributed by atoms with van der Waals surface area (Å²) in [5, 5.41) is 8.05. The average molecular weight is 405 g/mol. The molecule has 0 bridgehead atoms. The summed E-state index contributed by atoms with van der Waals surface area (Å²) in [6.07, 6.45) is 3.74. The van der Waals surface area contributed by atoms with Crippen molar-refractivity contribution in [1.82, 2.24) is 20.0 Å². The van der Waals surface area contributed by atoms with Gasteiger partial charge in [-0.3, -0.25) is 14.4 Å². The predicted molar refractivity (Wildman–Crippen MR) is 111 cm³/mol. The van der Waals surface area contributed by atoms with E-state index in [1.165, 1.54) is 0 Å². The Balaban J connectivity index is 1.58. The van der Waals surface area contributed by atoms with Gasteiger partial charge >= 0.3 is 0 Å². The number of carbonyl (C=O) groups is 1. The minimum Gasteiger partial charge on any atom is -0.373 e. The molecule has 1 N–H and O–H groups in total. The van der Waals surface area contributed by atoms with E-state index >= 15 is 0 Å². The highest BCUT2D eigenvalue weighted by atomic mass is 35.5. The zero-order valence-electron chi connectivity index (χ0n) is 17.0. The summed E-state index contributed by atoms with van der Waals surface area (Å²) in [5.41, 5.74) is 1.36. The smallest absolute Gasteiger partial charge is 0.254 e. The second-order valence-electron chi connectivity index (χ2n) is 8.18. The first kappa shape index (κ1) is 20.8. The Bertz CT molecular complexity index is 810. The zero-order chi connectivity index (χ0) is 20.3. The van der Waals surface area contributed by atoms with Crippen LogP contribution < -0.4 is 5.32 Å². The van der Waals surface area contributed by atoms with Crippen molar-refractivity contribution in [2.75, 3.05) is 19.6 Å². The lowest BCUT2D eigenvalue weighted by molar-refractivity contribution is -0.0948. The van der Waals surface area contributed by atoms with Crippen LogP contribution in [0, 0.1) is 0 Å². The van der Waals surface area contributed by atoms with Crippen LogP contribution in [0.1, 0.15) is 43.6 Å². The van der Waals surface area contributed by atoms with E-state index < -0.39 is 0 Å². The SMILES string of the molecule is CC1CN(C(C)(C)CNC(=O)c2cnn(Cc3ccccc3Cl)c2)CC(C)O1. The van der Waals surface area contributed by atoms with Gasteiger partial charge in [-0.25, -0.2) is 0 Å². The third kappa shape index (κ3) is 5.13. The van der Waals surface area contributed by atoms with Gasteiger partial charge in [-0.2, -0.15) is 5.10 Å². The van der Waals surface area contributed by atoms with Gasteiger partial charge in [0.25, 0.3) is 5.91 Å². The molecule has 2 unspecified atom stereocenters. The Labute approximate surface area is 171 Å². The second-order valence-corrected chi connectivity index (χ2v) is 8.58. The number of halogens is 1. The van der Waals surface area contributed by atoms with Crippen molar-refractivity contribution in [2.45, 2.75) is 52.0 Å². The molecular formula is C21H29ClN4O2. The van der Waals surface area contributed by atoms with Crippen LogP contribution in [0.2, 0.25) is 5.02 Å². The van der Waals surface area contributed by atoms with E-state index in [1.807, 2.05) is 24.3 Å². The lowest BCUT2D eigenvalue weighted by atomic mass is 10.00. The van der Waals surface area contributed by atoms with Crippen molar-refractivity contribution in [3.63, 3.8) is 0 Å². The summed E-state index contributed by atoms with van der Waals surface area (Å²) < 4.78 is 7.55. The number of morpholine rings is 1. The topological polar surface area (TPSA) is 59.4 Å². The van der Waals surface area contributed by atoms with E-state index in [1.54, 1.807) is 17.1 Å². The van der Waals surface area contributed by atoms with Gasteiger partial charge in [0, 0.05) is 36.4 Å². The van der Waals surface area contributed by atoms with E-state index in [9.17, 15) is 4.79 Å². The van der Waals surface area contributed by atoms with Crippen LogP contribution in [0.5, 0.6) is 0 Å². The van der Waals surface area contributed by atoms with Crippen LogP contribution in [0.25, 0.3) is 0 Å². The number of benzene rings is 1. The molecule has 1 aromatic carbocycles. The monoisotopic (exact) mass is 404 g/mol. The summed E-state index contributed by atoms with van der Waals surface area (Å²) in [7, 11) is 0. The normalized spacial score (nSPS) is 20.9. The minimum absolute atomic E-state index is 0.118. The Morgan fingerprint density at radius 3 is 2.64 bits per heavy atom. The third-order valence-electron chi connectivity index (χ3n) is 5.14. The van der Waals surface area contributed by atoms with Gasteiger partial charge in [-0.1, -0.05) is 29.8 Å². The van der Waals surface area contributed by atoms with Crippen molar-refractivity contribution in [3.8, 4) is 0 Å². The molecule has 0 spiro atoms. The molecule has 3 rings (SSSR count). The fourth-order valence-electron chi connectivity index (χ4n) is 3.55. The Morgan fingerprint density at radius 1 is 1.29 bits per heavy atom. The summed E-state index contributed by atoms with van der Waals surface area (Å²) in [6, 6.07) is 7.64. The van der Waals surface area contributed by atoms with Gasteiger partial charge in [-0.15, -0.1) is 0 Å². The fraction of sp³-hybridized carbons (Fsp3) is 0.524. The molecule has 1 amide bonds. The van der Waals surface area contributed by atoms with Crippen molar-refractivity contribution in [1.29, 1.82) is 0 Å². The number of nitrogens with zero attached hydrogens (tertiary/aromatic N) is 3. The number of rotatable bonds is 6. The van der Waals surface area contributed by atoms with Crippen LogP contribution in [-0.4, -0.2) is 58.0 Å². The van der Waals surface area contributed by atoms with Gasteiger partial charge in [0.05, 0.1) is 30.5 Å². The number of nitrogens with one attached hydrogen (secondary N) is 1. The van der Waals surface area contributed by atoms with Crippen molar-refractivity contribution in [2.24, 2.45) is 0 Å². The van der Waals surface area contributed by atoms with Crippen LogP contribution in [0.3, 0.4) is 0 Å². The molecule has 0 radical (unpaired) electrons. The number of aromatic nitrogens is 2. The maximum Gasteiger partial charge on any atom is 0.254 e. The first-order chi connectivity index (χ1) is 13.2. The quantitative estimate of drug-likeness (QED) is 0.803. The van der Waals surface area contributed by atoms with Crippen molar-refractivity contribution in [3.05, 3.63) is 52.8 Å². The molecule has 1 saturated heterocycles. The van der Waals surface area contributed by atoms with Crippen molar-refractivity contribution >= 4 is 17.5 Å². The molecule has 1 aliphatic heterocycles. The highest BCUT2D eigenvalue weighted by Gasteiger charge is 2.33. The number of carbonyl (C=O) groups excluding carboxylic acids is 1. The van der Waals surface area contributed by atoms with Crippen LogP contribution in [-0.2, 0) is 11.3 Å². The maximum absolute atomic E-state index is 12.6. The molecule has 2 atom stereocenters. The summed E-state index contributed by atoms with van der Waals surface area (Å²) in [5.74, 6) is -0.118. The molecule has 1 aromatic heterocycles. The lowest BCUT2D eigenvalue weighted by Crippen LogP contribution is -2.58. The van der Waals surface area contributed by atoms with Crippen LogP contribution in [0.15, 0.2) is 36.7 Å². The molecule has 0 saturated carbocycles. The molecule has 0 aliphatic carbocycles. The summed E-state index contributed by atoms with van der Waals surface area (Å²) >= 11 is 6.20. The highest BCUT2D eigenvalue weighted by molar-refractivity contribution is 6.31. The van der Waals surface area contributed by atoms with Gasteiger partial charge in [0.2, 0.25) is 0 Å². The first-order valence-corrected chi connectivity index (χ1v) is 10.1. The zero-order valence-corrected chi connectivity index (χ0v) is 17.7. The van der Waals surface area contributed by atoms with E-state index in [-0.39, 0.29) is 23.7 Å². The van der Waals surface area contributed by atoms with Gasteiger partial charge < -0.3 is 10.1 Å². The largest absolute Gasteiger partial charge is 0.373 e. The van der Waals surface area contributed by atoms with E-state index in [0.717, 1.165) is 18.7 Å². The molecule has 1 fully saturated rings. The molecule has 2 heterocycles. The predicted octanol–water partition coefficient (Wildman–Crippen LogP) is 3.20. The maximum atomic E-state index is 12.6. The Morgan fingerprint density at radius 2 is 1.96 bits per heavy atom. The second kappa shape index (κ2) is 8.64. The summed E-state index contributed by atoms with van der Waals surface area (Å²) in [4.78, 5) is 15.0. The lowest BCUT2D eigenvalue weighted by Gasteiger charge is -2.45. The van der Waals surface area contributed by atoms with Crippen LogP contribution >= 0.6 is 11.6 Å². The fourth-order valence-corrected chi connectivity index (χ4v) is 3.75. The van der Waals surface area contributed by atoms with Gasteiger partial charge in [-0.05, 0) is 39.3 Å². The van der Waals surface area contributed by atoms with Gasteiger partial charge in [0.15, 0.2) is 0 Å². The molecule has 1 aliphatic rings. The third-order valence-corrected chi connectivity index (χ3v) is 5.51. The van der Waals surface area contributed by atoms with Crippen molar-refractivity contribution < 1.29 is 9.53 Å². The minimum atomic E-state index is -0.157. The van der Waals surface area contributed by atoms with E-state index in [0.29, 0.717) is 23.7 Å². The van der Waals surface area contributed by atoms with Gasteiger partial charge in [0.1, 0.15) is 0 Å². The molecule has 7 heteroatoms. The first-order valence-electron chi connectivity index (χ1n) is 9.69. The van der Waals surface area contributed by atoms with Crippen LogP contribution in [0.4, 0.5) is 0 Å². The standard InChI is InChI=1S/C21H29ClN4O2/c1-15-10-25(11-16(2)28-15)21(3,4)14-23-20(27)18-9-24-26(13-18)12-17-7-5-6-8-19(17)22/h5-9,13,15-16H,10-12,14H2,1-4H3,(H,23,27). The average Bonchev–Trinajstić information content (AvgIpc) is 3.09.